The smallest absolute Gasteiger partial charge is 0.226 e. The summed E-state index contributed by atoms with van der Waals surface area (Å²) in [4.78, 5) is 13.7. The average molecular weight is 220 g/mol. The molecule has 88 valence electrons. The molecule has 0 aliphatic heterocycles. The van der Waals surface area contributed by atoms with E-state index in [-0.39, 0.29) is 11.9 Å². The van der Waals surface area contributed by atoms with Crippen molar-refractivity contribution in [2.24, 2.45) is 5.73 Å². The highest BCUT2D eigenvalue weighted by Crippen LogP contribution is 2.10. The van der Waals surface area contributed by atoms with Crippen molar-refractivity contribution in [3.05, 3.63) is 35.4 Å². The fourth-order valence-corrected chi connectivity index (χ4v) is 1.50. The van der Waals surface area contributed by atoms with Gasteiger partial charge in [-0.3, -0.25) is 4.79 Å². The molecule has 2 N–H and O–H groups in total. The van der Waals surface area contributed by atoms with Gasteiger partial charge < -0.3 is 10.6 Å². The molecule has 0 bridgehead atoms. The Hall–Kier alpha value is -1.35. The molecular formula is C13H20N2O. The minimum absolute atomic E-state index is 0.135. The van der Waals surface area contributed by atoms with E-state index in [1.54, 1.807) is 4.90 Å². The molecule has 1 aromatic rings. The molecule has 3 heteroatoms. The van der Waals surface area contributed by atoms with E-state index in [4.69, 9.17) is 5.73 Å². The standard InChI is InChI=1S/C13H20N2O/c1-10(2)15(3)13(16)8-11-6-4-5-7-12(11)9-14/h4-7,10H,8-9,14H2,1-3H3. The highest BCUT2D eigenvalue weighted by atomic mass is 16.2. The lowest BCUT2D eigenvalue weighted by molar-refractivity contribution is -0.130. The molecule has 0 saturated heterocycles. The Balaban J connectivity index is 2.76. The molecule has 0 aromatic heterocycles. The van der Waals surface area contributed by atoms with Crippen molar-refractivity contribution >= 4 is 5.91 Å². The maximum Gasteiger partial charge on any atom is 0.226 e. The predicted molar refractivity (Wildman–Crippen MR) is 65.9 cm³/mol. The van der Waals surface area contributed by atoms with Crippen molar-refractivity contribution in [1.82, 2.24) is 4.90 Å². The highest BCUT2D eigenvalue weighted by Gasteiger charge is 2.13. The molecule has 0 aliphatic rings. The highest BCUT2D eigenvalue weighted by molar-refractivity contribution is 5.79. The van der Waals surface area contributed by atoms with Gasteiger partial charge in [-0.2, -0.15) is 0 Å². The van der Waals surface area contributed by atoms with Gasteiger partial charge in [-0.15, -0.1) is 0 Å². The Kier molecular flexibility index (Phi) is 4.50. The van der Waals surface area contributed by atoms with Crippen LogP contribution in [-0.2, 0) is 17.8 Å². The minimum Gasteiger partial charge on any atom is -0.343 e. The van der Waals surface area contributed by atoms with E-state index in [1.165, 1.54) is 0 Å². The van der Waals surface area contributed by atoms with E-state index < -0.39 is 0 Å². The van der Waals surface area contributed by atoms with Gasteiger partial charge in [0, 0.05) is 19.6 Å². The van der Waals surface area contributed by atoms with Gasteiger partial charge >= 0.3 is 0 Å². The number of hydrogen-bond donors (Lipinski definition) is 1. The first-order valence-electron chi connectivity index (χ1n) is 5.58. The number of amides is 1. The van der Waals surface area contributed by atoms with Crippen molar-refractivity contribution in [3.63, 3.8) is 0 Å². The third-order valence-electron chi connectivity index (χ3n) is 2.85. The van der Waals surface area contributed by atoms with Crippen LogP contribution in [0.5, 0.6) is 0 Å². The van der Waals surface area contributed by atoms with Crippen molar-refractivity contribution in [1.29, 1.82) is 0 Å². The largest absolute Gasteiger partial charge is 0.343 e. The second-order valence-corrected chi connectivity index (χ2v) is 4.25. The van der Waals surface area contributed by atoms with Crippen LogP contribution in [0.2, 0.25) is 0 Å². The monoisotopic (exact) mass is 220 g/mol. The van der Waals surface area contributed by atoms with Crippen LogP contribution < -0.4 is 5.73 Å². The van der Waals surface area contributed by atoms with Crippen LogP contribution in [0.1, 0.15) is 25.0 Å². The van der Waals surface area contributed by atoms with Crippen LogP contribution >= 0.6 is 0 Å². The summed E-state index contributed by atoms with van der Waals surface area (Å²) in [6, 6.07) is 8.06. The average Bonchev–Trinajstić information content (AvgIpc) is 2.28. The SMILES string of the molecule is CC(C)N(C)C(=O)Cc1ccccc1CN. The molecule has 0 saturated carbocycles. The molecule has 0 fully saturated rings. The third-order valence-corrected chi connectivity index (χ3v) is 2.85. The van der Waals surface area contributed by atoms with Gasteiger partial charge in [-0.25, -0.2) is 0 Å². The van der Waals surface area contributed by atoms with E-state index in [1.807, 2.05) is 45.2 Å². The fourth-order valence-electron chi connectivity index (χ4n) is 1.50. The first-order chi connectivity index (χ1) is 7.56. The third kappa shape index (κ3) is 3.07. The molecule has 16 heavy (non-hydrogen) atoms. The lowest BCUT2D eigenvalue weighted by atomic mass is 10.0. The summed E-state index contributed by atoms with van der Waals surface area (Å²) < 4.78 is 0. The van der Waals surface area contributed by atoms with Crippen molar-refractivity contribution in [3.8, 4) is 0 Å². The van der Waals surface area contributed by atoms with Crippen LogP contribution in [0, 0.1) is 0 Å². The van der Waals surface area contributed by atoms with E-state index in [0.29, 0.717) is 13.0 Å². The first-order valence-corrected chi connectivity index (χ1v) is 5.58. The summed E-state index contributed by atoms with van der Waals surface area (Å²) in [5.41, 5.74) is 7.72. The summed E-state index contributed by atoms with van der Waals surface area (Å²) in [5.74, 6) is 0.135. The van der Waals surface area contributed by atoms with Crippen LogP contribution in [-0.4, -0.2) is 23.9 Å². The number of nitrogens with two attached hydrogens (primary N) is 1. The van der Waals surface area contributed by atoms with Gasteiger partial charge in [0.1, 0.15) is 0 Å². The Morgan fingerprint density at radius 2 is 1.88 bits per heavy atom. The van der Waals surface area contributed by atoms with Crippen LogP contribution in [0.4, 0.5) is 0 Å². The van der Waals surface area contributed by atoms with Crippen LogP contribution in [0.15, 0.2) is 24.3 Å². The zero-order valence-corrected chi connectivity index (χ0v) is 10.2. The van der Waals surface area contributed by atoms with E-state index in [0.717, 1.165) is 11.1 Å². The lowest BCUT2D eigenvalue weighted by Gasteiger charge is -2.22. The molecule has 0 aliphatic carbocycles. The Morgan fingerprint density at radius 3 is 2.38 bits per heavy atom. The van der Waals surface area contributed by atoms with Gasteiger partial charge in [0.2, 0.25) is 5.91 Å². The van der Waals surface area contributed by atoms with Gasteiger partial charge in [0.25, 0.3) is 0 Å². The van der Waals surface area contributed by atoms with Crippen molar-refractivity contribution in [2.75, 3.05) is 7.05 Å². The second kappa shape index (κ2) is 5.66. The Bertz CT molecular complexity index is 361. The summed E-state index contributed by atoms with van der Waals surface area (Å²) in [5, 5.41) is 0. The van der Waals surface area contributed by atoms with Crippen LogP contribution in [0.25, 0.3) is 0 Å². The molecule has 1 aromatic carbocycles. The number of rotatable bonds is 4. The minimum atomic E-state index is 0.135. The van der Waals surface area contributed by atoms with Gasteiger partial charge in [0.05, 0.1) is 6.42 Å². The van der Waals surface area contributed by atoms with E-state index in [2.05, 4.69) is 0 Å². The number of likely N-dealkylation sites (N-methyl/N-ethyl adjacent to an activating group) is 1. The van der Waals surface area contributed by atoms with Crippen molar-refractivity contribution in [2.45, 2.75) is 32.9 Å². The summed E-state index contributed by atoms with van der Waals surface area (Å²) in [6.45, 7) is 4.49. The summed E-state index contributed by atoms with van der Waals surface area (Å²) in [6.07, 6.45) is 0.433. The normalized spacial score (nSPS) is 10.6. The molecule has 0 heterocycles. The molecular weight excluding hydrogens is 200 g/mol. The molecule has 1 amide bonds. The molecule has 0 spiro atoms. The first kappa shape index (κ1) is 12.7. The Labute approximate surface area is 97.2 Å². The van der Waals surface area contributed by atoms with Crippen molar-refractivity contribution < 1.29 is 4.79 Å². The molecule has 3 nitrogen and oxygen atoms in total. The van der Waals surface area contributed by atoms with E-state index >= 15 is 0 Å². The number of nitrogens with zero attached hydrogens (tertiary/aromatic N) is 1. The van der Waals surface area contributed by atoms with E-state index in [9.17, 15) is 4.79 Å². The molecule has 1 rings (SSSR count). The molecule has 0 atom stereocenters. The van der Waals surface area contributed by atoms with Gasteiger partial charge in [-0.1, -0.05) is 24.3 Å². The molecule has 0 unspecified atom stereocenters. The number of carbonyl (C=O) groups excluding carboxylic acids is 1. The van der Waals surface area contributed by atoms with Gasteiger partial charge in [-0.05, 0) is 25.0 Å². The second-order valence-electron chi connectivity index (χ2n) is 4.25. The zero-order chi connectivity index (χ0) is 12.1. The van der Waals surface area contributed by atoms with Gasteiger partial charge in [0.15, 0.2) is 0 Å². The number of carbonyl (C=O) groups is 1. The summed E-state index contributed by atoms with van der Waals surface area (Å²) >= 11 is 0. The quantitative estimate of drug-likeness (QED) is 0.837. The lowest BCUT2D eigenvalue weighted by Crippen LogP contribution is -2.34. The Morgan fingerprint density at radius 1 is 1.31 bits per heavy atom. The summed E-state index contributed by atoms with van der Waals surface area (Å²) in [7, 11) is 1.83. The molecule has 0 radical (unpaired) electrons. The zero-order valence-electron chi connectivity index (χ0n) is 10.2. The topological polar surface area (TPSA) is 46.3 Å². The fraction of sp³-hybridized carbons (Fsp3) is 0.462. The maximum absolute atomic E-state index is 11.9. The van der Waals surface area contributed by atoms with Crippen LogP contribution in [0.3, 0.4) is 0 Å². The predicted octanol–water partition coefficient (Wildman–Crippen LogP) is 1.55. The number of hydrogen-bond acceptors (Lipinski definition) is 2. The number of benzene rings is 1. The maximum atomic E-state index is 11.9.